The van der Waals surface area contributed by atoms with Crippen LogP contribution in [-0.2, 0) is 0 Å². The fourth-order valence-corrected chi connectivity index (χ4v) is 1.54. The summed E-state index contributed by atoms with van der Waals surface area (Å²) in [7, 11) is -2.70. The molecule has 2 rings (SSSR count). The van der Waals surface area contributed by atoms with Crippen molar-refractivity contribution in [1.29, 1.82) is 0 Å². The van der Waals surface area contributed by atoms with Gasteiger partial charge in [0.1, 0.15) is 0 Å². The Bertz CT molecular complexity index is 401. The highest BCUT2D eigenvalue weighted by molar-refractivity contribution is 6.44. The molecule has 3 nitrogen and oxygen atoms in total. The van der Waals surface area contributed by atoms with E-state index in [4.69, 9.17) is 0 Å². The molecule has 0 aliphatic carbocycles. The second kappa shape index (κ2) is 3.45. The number of imide groups is 1. The summed E-state index contributed by atoms with van der Waals surface area (Å²) in [6.45, 7) is 0. The Kier molecular flexibility index (Phi) is 2.26. The number of carbonyl (C=O) groups excluding carboxylic acids is 2. The van der Waals surface area contributed by atoms with Crippen molar-refractivity contribution >= 4 is 19.1 Å². The number of amides is 2. The Morgan fingerprint density at radius 1 is 1.07 bits per heavy atom. The number of nitrogens with zero attached hydrogens (tertiary/aromatic N) is 1. The molecule has 0 radical (unpaired) electrons. The Labute approximate surface area is 84.9 Å². The van der Waals surface area contributed by atoms with Crippen LogP contribution in [0.15, 0.2) is 24.3 Å². The van der Waals surface area contributed by atoms with Crippen molar-refractivity contribution in [3.05, 3.63) is 35.4 Å². The summed E-state index contributed by atoms with van der Waals surface area (Å²) in [6.07, 6.45) is -0.841. The van der Waals surface area contributed by atoms with Gasteiger partial charge in [0, 0.05) is 0 Å². The highest BCUT2D eigenvalue weighted by Gasteiger charge is 2.37. The molecule has 1 aliphatic heterocycles. The fourth-order valence-electron chi connectivity index (χ4n) is 1.54. The zero-order valence-electron chi connectivity index (χ0n) is 7.61. The molecular formula is C9H6BF2NO2. The molecule has 2 amide bonds. The predicted octanol–water partition coefficient (Wildman–Crippen LogP) is 1.25. The molecule has 1 aromatic rings. The van der Waals surface area contributed by atoms with Crippen molar-refractivity contribution in [1.82, 2.24) is 4.90 Å². The van der Waals surface area contributed by atoms with Gasteiger partial charge in [-0.3, -0.25) is 23.1 Å². The molecule has 0 N–H and O–H groups in total. The summed E-state index contributed by atoms with van der Waals surface area (Å²) in [4.78, 5) is 23.6. The van der Waals surface area contributed by atoms with E-state index in [0.717, 1.165) is 0 Å². The molecule has 1 aliphatic rings. The largest absolute Gasteiger partial charge is 0.557 e. The standard InChI is InChI=1S/C9H6BF2NO2/c11-10(12)5-13-8(14)6-3-1-2-4-7(6)9(13)15/h1-4H,5H2. The van der Waals surface area contributed by atoms with Crippen LogP contribution in [0.2, 0.25) is 0 Å². The Hall–Kier alpha value is -1.72. The summed E-state index contributed by atoms with van der Waals surface area (Å²) in [6, 6.07) is 6.11. The van der Waals surface area contributed by atoms with Gasteiger partial charge < -0.3 is 0 Å². The van der Waals surface area contributed by atoms with Gasteiger partial charge in [0.2, 0.25) is 0 Å². The predicted molar refractivity (Wildman–Crippen MR) is 49.8 cm³/mol. The molecule has 0 bridgehead atoms. The molecule has 1 aromatic carbocycles. The van der Waals surface area contributed by atoms with Gasteiger partial charge in [-0.1, -0.05) is 12.1 Å². The lowest BCUT2D eigenvalue weighted by atomic mass is 9.99. The summed E-state index contributed by atoms with van der Waals surface area (Å²) >= 11 is 0. The van der Waals surface area contributed by atoms with Gasteiger partial charge in [-0.2, -0.15) is 0 Å². The van der Waals surface area contributed by atoms with E-state index in [1.165, 1.54) is 12.1 Å². The van der Waals surface area contributed by atoms with Gasteiger partial charge in [0.25, 0.3) is 11.8 Å². The Morgan fingerprint density at radius 3 is 1.93 bits per heavy atom. The molecular weight excluding hydrogens is 203 g/mol. The van der Waals surface area contributed by atoms with Gasteiger partial charge in [0.05, 0.1) is 17.6 Å². The summed E-state index contributed by atoms with van der Waals surface area (Å²) < 4.78 is 24.2. The van der Waals surface area contributed by atoms with Crippen LogP contribution in [0, 0.1) is 0 Å². The second-order valence-corrected chi connectivity index (χ2v) is 3.16. The van der Waals surface area contributed by atoms with Gasteiger partial charge in [-0.05, 0) is 12.1 Å². The van der Waals surface area contributed by atoms with Crippen LogP contribution in [0.1, 0.15) is 20.7 Å². The van der Waals surface area contributed by atoms with Crippen LogP contribution in [0.25, 0.3) is 0 Å². The third kappa shape index (κ3) is 1.52. The Morgan fingerprint density at radius 2 is 1.53 bits per heavy atom. The summed E-state index contributed by atoms with van der Waals surface area (Å²) in [5.74, 6) is -1.29. The van der Waals surface area contributed by atoms with E-state index >= 15 is 0 Å². The molecule has 0 aromatic heterocycles. The zero-order valence-corrected chi connectivity index (χ0v) is 7.61. The minimum Gasteiger partial charge on any atom is -0.285 e. The second-order valence-electron chi connectivity index (χ2n) is 3.16. The van der Waals surface area contributed by atoms with E-state index in [9.17, 15) is 18.2 Å². The SMILES string of the molecule is O=C1c2ccccc2C(=O)N1CB(F)F. The monoisotopic (exact) mass is 209 g/mol. The smallest absolute Gasteiger partial charge is 0.285 e. The van der Waals surface area contributed by atoms with E-state index < -0.39 is 25.5 Å². The number of carbonyl (C=O) groups is 2. The topological polar surface area (TPSA) is 37.4 Å². The van der Waals surface area contributed by atoms with Gasteiger partial charge >= 0.3 is 7.27 Å². The van der Waals surface area contributed by atoms with Crippen LogP contribution >= 0.6 is 0 Å². The third-order valence-corrected chi connectivity index (χ3v) is 2.20. The lowest BCUT2D eigenvalue weighted by molar-refractivity contribution is 0.0674. The number of hydrogen-bond donors (Lipinski definition) is 0. The zero-order chi connectivity index (χ0) is 11.0. The van der Waals surface area contributed by atoms with Crippen LogP contribution in [-0.4, -0.2) is 30.4 Å². The highest BCUT2D eigenvalue weighted by Crippen LogP contribution is 2.22. The van der Waals surface area contributed by atoms with Gasteiger partial charge in [0.15, 0.2) is 0 Å². The van der Waals surface area contributed by atoms with E-state index in [-0.39, 0.29) is 11.1 Å². The number of hydrogen-bond acceptors (Lipinski definition) is 2. The maximum absolute atomic E-state index is 12.1. The molecule has 0 unspecified atom stereocenters. The molecule has 0 atom stereocenters. The molecule has 15 heavy (non-hydrogen) atoms. The normalized spacial score (nSPS) is 14.4. The van der Waals surface area contributed by atoms with Gasteiger partial charge in [-0.15, -0.1) is 0 Å². The van der Waals surface area contributed by atoms with E-state index in [2.05, 4.69) is 0 Å². The number of fused-ring (bicyclic) bond motifs is 1. The molecule has 0 saturated heterocycles. The minimum absolute atomic E-state index is 0.197. The van der Waals surface area contributed by atoms with E-state index in [1.54, 1.807) is 12.1 Å². The van der Waals surface area contributed by atoms with Crippen molar-refractivity contribution in [3.63, 3.8) is 0 Å². The Balaban J connectivity index is 2.37. The quantitative estimate of drug-likeness (QED) is 0.542. The third-order valence-electron chi connectivity index (χ3n) is 2.20. The minimum atomic E-state index is -2.70. The van der Waals surface area contributed by atoms with Crippen LogP contribution in [0.5, 0.6) is 0 Å². The first-order chi connectivity index (χ1) is 7.11. The van der Waals surface area contributed by atoms with Gasteiger partial charge in [-0.25, -0.2) is 0 Å². The molecule has 6 heteroatoms. The molecule has 76 valence electrons. The van der Waals surface area contributed by atoms with Crippen molar-refractivity contribution in [2.24, 2.45) is 0 Å². The fraction of sp³-hybridized carbons (Fsp3) is 0.111. The number of benzene rings is 1. The van der Waals surface area contributed by atoms with Crippen molar-refractivity contribution in [2.75, 3.05) is 6.44 Å². The van der Waals surface area contributed by atoms with Crippen LogP contribution in [0.3, 0.4) is 0 Å². The number of rotatable bonds is 2. The maximum atomic E-state index is 12.1. The van der Waals surface area contributed by atoms with E-state index in [0.29, 0.717) is 4.90 Å². The van der Waals surface area contributed by atoms with Crippen LogP contribution in [0.4, 0.5) is 8.63 Å². The highest BCUT2D eigenvalue weighted by atomic mass is 19.2. The molecule has 0 saturated carbocycles. The van der Waals surface area contributed by atoms with Crippen LogP contribution < -0.4 is 0 Å². The molecule has 0 spiro atoms. The average molecular weight is 209 g/mol. The molecule has 1 heterocycles. The van der Waals surface area contributed by atoms with Crippen molar-refractivity contribution in [3.8, 4) is 0 Å². The first-order valence-electron chi connectivity index (χ1n) is 4.34. The average Bonchev–Trinajstić information content (AvgIpc) is 2.44. The first-order valence-corrected chi connectivity index (χ1v) is 4.34. The summed E-state index contributed by atoms with van der Waals surface area (Å²) in [5, 5.41) is 0. The maximum Gasteiger partial charge on any atom is 0.557 e. The lowest BCUT2D eigenvalue weighted by Crippen LogP contribution is -2.35. The summed E-state index contributed by atoms with van der Waals surface area (Å²) in [5.41, 5.74) is 0.395. The van der Waals surface area contributed by atoms with E-state index in [1.807, 2.05) is 0 Å². The first kappa shape index (κ1) is 9.83. The number of halogens is 2. The van der Waals surface area contributed by atoms with Crippen molar-refractivity contribution in [2.45, 2.75) is 0 Å². The van der Waals surface area contributed by atoms with Crippen molar-refractivity contribution < 1.29 is 18.2 Å². The molecule has 0 fully saturated rings. The lowest BCUT2D eigenvalue weighted by Gasteiger charge is -2.10.